The first-order valence-corrected chi connectivity index (χ1v) is 5.22. The minimum Gasteiger partial charge on any atom is -0.398 e. The molecule has 2 heteroatoms. The Hall–Kier alpha value is -1.02. The van der Waals surface area contributed by atoms with Crippen molar-refractivity contribution in [2.24, 2.45) is 5.92 Å². The van der Waals surface area contributed by atoms with E-state index in [4.69, 9.17) is 5.73 Å². The van der Waals surface area contributed by atoms with Gasteiger partial charge in [-0.2, -0.15) is 0 Å². The number of aliphatic hydroxyl groups excluding tert-OH is 1. The van der Waals surface area contributed by atoms with Gasteiger partial charge in [-0.05, 0) is 37.3 Å². The normalized spacial score (nSPS) is 19.0. The number of rotatable bonds is 2. The predicted molar refractivity (Wildman–Crippen MR) is 57.9 cm³/mol. The van der Waals surface area contributed by atoms with Gasteiger partial charge in [0.25, 0.3) is 0 Å². The lowest BCUT2D eigenvalue weighted by Crippen LogP contribution is -2.20. The van der Waals surface area contributed by atoms with Crippen LogP contribution in [0, 0.1) is 12.8 Å². The Balaban J connectivity index is 2.22. The Labute approximate surface area is 84.7 Å². The molecule has 0 heterocycles. The summed E-state index contributed by atoms with van der Waals surface area (Å²) in [5.41, 5.74) is 8.65. The molecule has 3 N–H and O–H groups in total. The molecule has 1 aliphatic rings. The number of benzene rings is 1. The third-order valence-corrected chi connectivity index (χ3v) is 3.16. The van der Waals surface area contributed by atoms with Gasteiger partial charge in [-0.3, -0.25) is 0 Å². The van der Waals surface area contributed by atoms with E-state index >= 15 is 0 Å². The Morgan fingerprint density at radius 3 is 2.64 bits per heavy atom. The van der Waals surface area contributed by atoms with E-state index in [-0.39, 0.29) is 6.10 Å². The van der Waals surface area contributed by atoms with Crippen LogP contribution in [0.5, 0.6) is 0 Å². The van der Waals surface area contributed by atoms with E-state index < -0.39 is 0 Å². The minimum absolute atomic E-state index is 0.357. The predicted octanol–water partition coefficient (Wildman–Crippen LogP) is 2.41. The zero-order valence-electron chi connectivity index (χ0n) is 8.53. The van der Waals surface area contributed by atoms with Crippen LogP contribution in [0.1, 0.15) is 36.5 Å². The third-order valence-electron chi connectivity index (χ3n) is 3.16. The van der Waals surface area contributed by atoms with Gasteiger partial charge in [0, 0.05) is 11.3 Å². The summed E-state index contributed by atoms with van der Waals surface area (Å²) < 4.78 is 0. The highest BCUT2D eigenvalue weighted by molar-refractivity contribution is 5.50. The van der Waals surface area contributed by atoms with Crippen LogP contribution in [0.3, 0.4) is 0 Å². The molecular formula is C12H17NO. The van der Waals surface area contributed by atoms with E-state index in [1.165, 1.54) is 6.42 Å². The maximum absolute atomic E-state index is 10.0. The Morgan fingerprint density at radius 2 is 2.14 bits per heavy atom. The fourth-order valence-electron chi connectivity index (χ4n) is 1.97. The van der Waals surface area contributed by atoms with Gasteiger partial charge in [0.1, 0.15) is 0 Å². The summed E-state index contributed by atoms with van der Waals surface area (Å²) in [5.74, 6) is 0.431. The van der Waals surface area contributed by atoms with Gasteiger partial charge in [0.15, 0.2) is 0 Å². The molecule has 76 valence electrons. The number of aliphatic hydroxyl groups is 1. The maximum Gasteiger partial charge on any atom is 0.0838 e. The monoisotopic (exact) mass is 191 g/mol. The van der Waals surface area contributed by atoms with E-state index in [1.54, 1.807) is 0 Å². The molecule has 1 aromatic rings. The second-order valence-corrected chi connectivity index (χ2v) is 4.27. The second-order valence-electron chi connectivity index (χ2n) is 4.27. The summed E-state index contributed by atoms with van der Waals surface area (Å²) in [4.78, 5) is 0. The molecule has 2 rings (SSSR count). The molecule has 1 aromatic carbocycles. The van der Waals surface area contributed by atoms with Crippen LogP contribution in [-0.4, -0.2) is 5.11 Å². The summed E-state index contributed by atoms with van der Waals surface area (Å²) in [7, 11) is 0. The van der Waals surface area contributed by atoms with Crippen molar-refractivity contribution in [3.05, 3.63) is 29.3 Å². The number of aryl methyl sites for hydroxylation is 1. The number of nitrogens with two attached hydrogens (primary N) is 1. The maximum atomic E-state index is 10.0. The standard InChI is InChI=1S/C12H17NO/c1-8-5-6-10(11(13)7-8)12(14)9-3-2-4-9/h5-7,9,12,14H,2-4,13H2,1H3. The van der Waals surface area contributed by atoms with Crippen molar-refractivity contribution in [1.82, 2.24) is 0 Å². The smallest absolute Gasteiger partial charge is 0.0838 e. The van der Waals surface area contributed by atoms with Crippen molar-refractivity contribution in [3.8, 4) is 0 Å². The van der Waals surface area contributed by atoms with E-state index in [0.717, 1.165) is 29.7 Å². The minimum atomic E-state index is -0.357. The van der Waals surface area contributed by atoms with Crippen LogP contribution in [0.15, 0.2) is 18.2 Å². The highest BCUT2D eigenvalue weighted by Crippen LogP contribution is 2.39. The molecule has 2 nitrogen and oxygen atoms in total. The van der Waals surface area contributed by atoms with Gasteiger partial charge < -0.3 is 10.8 Å². The molecule has 1 aliphatic carbocycles. The van der Waals surface area contributed by atoms with E-state index in [9.17, 15) is 5.11 Å². The van der Waals surface area contributed by atoms with Gasteiger partial charge in [-0.1, -0.05) is 18.6 Å². The molecule has 0 radical (unpaired) electrons. The van der Waals surface area contributed by atoms with Gasteiger partial charge in [-0.15, -0.1) is 0 Å². The number of hydrogen-bond donors (Lipinski definition) is 2. The summed E-state index contributed by atoms with van der Waals surface area (Å²) in [6, 6.07) is 5.89. The van der Waals surface area contributed by atoms with Crippen LogP contribution in [0.4, 0.5) is 5.69 Å². The van der Waals surface area contributed by atoms with Crippen molar-refractivity contribution >= 4 is 5.69 Å². The highest BCUT2D eigenvalue weighted by atomic mass is 16.3. The lowest BCUT2D eigenvalue weighted by atomic mass is 9.78. The van der Waals surface area contributed by atoms with Crippen molar-refractivity contribution in [2.45, 2.75) is 32.3 Å². The average molecular weight is 191 g/mol. The molecular weight excluding hydrogens is 174 g/mol. The molecule has 14 heavy (non-hydrogen) atoms. The molecule has 1 saturated carbocycles. The molecule has 1 unspecified atom stereocenters. The first-order chi connectivity index (χ1) is 6.68. The van der Waals surface area contributed by atoms with Gasteiger partial charge in [0.2, 0.25) is 0 Å². The summed E-state index contributed by atoms with van der Waals surface area (Å²) in [6.07, 6.45) is 3.15. The quantitative estimate of drug-likeness (QED) is 0.705. The summed E-state index contributed by atoms with van der Waals surface area (Å²) in [5, 5.41) is 10.0. The number of nitrogen functional groups attached to an aromatic ring is 1. The average Bonchev–Trinajstić information content (AvgIpc) is 2.00. The topological polar surface area (TPSA) is 46.2 Å². The molecule has 0 aromatic heterocycles. The molecule has 0 saturated heterocycles. The molecule has 0 amide bonds. The SMILES string of the molecule is Cc1ccc(C(O)C2CCC2)c(N)c1. The zero-order chi connectivity index (χ0) is 10.1. The molecule has 0 spiro atoms. The van der Waals surface area contributed by atoms with Crippen LogP contribution < -0.4 is 5.73 Å². The van der Waals surface area contributed by atoms with Crippen LogP contribution in [0.2, 0.25) is 0 Å². The number of hydrogen-bond acceptors (Lipinski definition) is 2. The van der Waals surface area contributed by atoms with Crippen molar-refractivity contribution < 1.29 is 5.11 Å². The first kappa shape index (κ1) is 9.53. The Kier molecular flexibility index (Phi) is 2.46. The molecule has 0 bridgehead atoms. The van der Waals surface area contributed by atoms with E-state index in [1.807, 2.05) is 25.1 Å². The lowest BCUT2D eigenvalue weighted by Gasteiger charge is -2.31. The zero-order valence-corrected chi connectivity index (χ0v) is 8.53. The lowest BCUT2D eigenvalue weighted by molar-refractivity contribution is 0.0627. The fourth-order valence-corrected chi connectivity index (χ4v) is 1.97. The van der Waals surface area contributed by atoms with Gasteiger partial charge in [-0.25, -0.2) is 0 Å². The van der Waals surface area contributed by atoms with Gasteiger partial charge in [0.05, 0.1) is 6.10 Å². The van der Waals surface area contributed by atoms with Crippen LogP contribution in [-0.2, 0) is 0 Å². The van der Waals surface area contributed by atoms with Crippen molar-refractivity contribution in [1.29, 1.82) is 0 Å². The molecule has 0 aliphatic heterocycles. The van der Waals surface area contributed by atoms with Crippen molar-refractivity contribution in [2.75, 3.05) is 5.73 Å². The highest BCUT2D eigenvalue weighted by Gasteiger charge is 2.27. The molecule has 1 atom stereocenters. The van der Waals surface area contributed by atoms with E-state index in [0.29, 0.717) is 5.92 Å². The second kappa shape index (κ2) is 3.62. The first-order valence-electron chi connectivity index (χ1n) is 5.22. The van der Waals surface area contributed by atoms with E-state index in [2.05, 4.69) is 0 Å². The largest absolute Gasteiger partial charge is 0.398 e. The summed E-state index contributed by atoms with van der Waals surface area (Å²) >= 11 is 0. The molecule has 1 fully saturated rings. The Morgan fingerprint density at radius 1 is 1.43 bits per heavy atom. The van der Waals surface area contributed by atoms with Crippen LogP contribution >= 0.6 is 0 Å². The number of anilines is 1. The Bertz CT molecular complexity index is 331. The van der Waals surface area contributed by atoms with Gasteiger partial charge >= 0.3 is 0 Å². The van der Waals surface area contributed by atoms with Crippen molar-refractivity contribution in [3.63, 3.8) is 0 Å². The fraction of sp³-hybridized carbons (Fsp3) is 0.500. The summed E-state index contributed by atoms with van der Waals surface area (Å²) in [6.45, 7) is 2.01. The van der Waals surface area contributed by atoms with Crippen LogP contribution in [0.25, 0.3) is 0 Å². The third kappa shape index (κ3) is 1.62.